The zero-order valence-electron chi connectivity index (χ0n) is 8.55. The Morgan fingerprint density at radius 2 is 1.92 bits per heavy atom. The smallest absolute Gasteiger partial charge is 0.135 e. The minimum Gasteiger partial charge on any atom is -0.300 e. The summed E-state index contributed by atoms with van der Waals surface area (Å²) >= 11 is 0. The quantitative estimate of drug-likeness (QED) is 0.475. The van der Waals surface area contributed by atoms with Crippen LogP contribution in [0.2, 0.25) is 19.1 Å². The summed E-state index contributed by atoms with van der Waals surface area (Å²) in [5.41, 5.74) is 0.983. The summed E-state index contributed by atoms with van der Waals surface area (Å²) in [4.78, 5) is 15.0. The number of ketones is 1. The molecule has 0 aliphatic heterocycles. The molecule has 0 rings (SSSR count). The lowest BCUT2D eigenvalue weighted by molar-refractivity contribution is -0.115. The van der Waals surface area contributed by atoms with Crippen LogP contribution in [0.4, 0.5) is 0 Å². The lowest BCUT2D eigenvalue weighted by atomic mass is 10.2. The molecule has 0 radical (unpaired) electrons. The zero-order chi connectivity index (χ0) is 9.56. The molecule has 3 heteroatoms. The highest BCUT2D eigenvalue weighted by Crippen LogP contribution is 1.94. The maximum absolute atomic E-state index is 10.7. The highest BCUT2D eigenvalue weighted by molar-refractivity contribution is 6.55. The average Bonchev–Trinajstić information content (AvgIpc) is 1.84. The molecular weight excluding hydrogens is 166 g/mol. The zero-order valence-corrected chi connectivity index (χ0v) is 9.71. The van der Waals surface area contributed by atoms with Gasteiger partial charge < -0.3 is 0 Å². The number of carbonyl (C=O) groups excluding carboxylic acids is 1. The molecule has 0 aliphatic rings. The van der Waals surface area contributed by atoms with Gasteiger partial charge in [0.15, 0.2) is 0 Å². The lowest BCUT2D eigenvalue weighted by Gasteiger charge is -2.00. The summed E-state index contributed by atoms with van der Waals surface area (Å²) in [6.45, 7) is 9.09. The fourth-order valence-corrected chi connectivity index (χ4v) is 1.58. The van der Waals surface area contributed by atoms with Crippen LogP contribution in [0.25, 0.3) is 0 Å². The van der Waals surface area contributed by atoms with Crippen molar-refractivity contribution in [1.29, 1.82) is 0 Å². The molecule has 0 aromatic carbocycles. The van der Waals surface area contributed by atoms with Crippen molar-refractivity contribution in [3.63, 3.8) is 0 Å². The third-order valence-electron chi connectivity index (χ3n) is 1.59. The minimum atomic E-state index is -0.457. The summed E-state index contributed by atoms with van der Waals surface area (Å²) in [5.74, 6) is 0.207. The van der Waals surface area contributed by atoms with Crippen LogP contribution < -0.4 is 0 Å². The van der Waals surface area contributed by atoms with Gasteiger partial charge in [-0.1, -0.05) is 13.1 Å². The van der Waals surface area contributed by atoms with Crippen LogP contribution in [0.3, 0.4) is 0 Å². The van der Waals surface area contributed by atoms with Gasteiger partial charge in [-0.2, -0.15) is 0 Å². The van der Waals surface area contributed by atoms with E-state index >= 15 is 0 Å². The Bertz CT molecular complexity index is 175. The molecule has 0 bridgehead atoms. The van der Waals surface area contributed by atoms with E-state index in [1.165, 1.54) is 6.04 Å². The molecule has 0 N–H and O–H groups in total. The highest BCUT2D eigenvalue weighted by Gasteiger charge is 1.97. The summed E-state index contributed by atoms with van der Waals surface area (Å²) in [5, 5.41) is 0. The average molecular weight is 185 g/mol. The molecule has 0 unspecified atom stereocenters. The van der Waals surface area contributed by atoms with E-state index < -0.39 is 8.80 Å². The second-order valence-electron chi connectivity index (χ2n) is 3.68. The first-order chi connectivity index (χ1) is 5.52. The van der Waals surface area contributed by atoms with Gasteiger partial charge in [-0.25, -0.2) is 0 Å². The summed E-state index contributed by atoms with van der Waals surface area (Å²) in [6.07, 6.45) is 0.527. The van der Waals surface area contributed by atoms with Crippen molar-refractivity contribution in [1.82, 2.24) is 0 Å². The molecule has 0 aromatic heterocycles. The Hall–Kier alpha value is -0.443. The van der Waals surface area contributed by atoms with E-state index in [-0.39, 0.29) is 5.78 Å². The Labute approximate surface area is 76.7 Å². The number of nitrogens with zero attached hydrogens (tertiary/aromatic N) is 1. The predicted molar refractivity (Wildman–Crippen MR) is 57.0 cm³/mol. The van der Waals surface area contributed by atoms with Crippen molar-refractivity contribution >= 4 is 20.3 Å². The number of hydrogen-bond donors (Lipinski definition) is 0. The molecular formula is C9H19NOSi. The van der Waals surface area contributed by atoms with Crippen molar-refractivity contribution in [3.05, 3.63) is 0 Å². The summed E-state index contributed by atoms with van der Waals surface area (Å²) in [7, 11) is -0.457. The largest absolute Gasteiger partial charge is 0.300 e. The highest BCUT2D eigenvalue weighted by atomic mass is 28.3. The van der Waals surface area contributed by atoms with Crippen LogP contribution in [-0.4, -0.2) is 26.8 Å². The van der Waals surface area contributed by atoms with Crippen molar-refractivity contribution in [2.45, 2.75) is 39.4 Å². The fourth-order valence-electron chi connectivity index (χ4n) is 0.930. The molecule has 0 fully saturated rings. The van der Waals surface area contributed by atoms with Crippen LogP contribution in [0.1, 0.15) is 20.3 Å². The van der Waals surface area contributed by atoms with E-state index in [1.54, 1.807) is 6.92 Å². The molecule has 0 saturated carbocycles. The van der Waals surface area contributed by atoms with E-state index in [2.05, 4.69) is 18.1 Å². The molecule has 0 aromatic rings. The number of carbonyl (C=O) groups is 1. The van der Waals surface area contributed by atoms with Crippen molar-refractivity contribution < 1.29 is 4.79 Å². The molecule has 0 saturated heterocycles. The maximum Gasteiger partial charge on any atom is 0.135 e. The monoisotopic (exact) mass is 185 g/mol. The van der Waals surface area contributed by atoms with Crippen LogP contribution in [0.15, 0.2) is 4.99 Å². The number of hydrogen-bond acceptors (Lipinski definition) is 2. The Kier molecular flexibility index (Phi) is 5.89. The number of rotatable bonds is 5. The van der Waals surface area contributed by atoms with E-state index in [4.69, 9.17) is 0 Å². The lowest BCUT2D eigenvalue weighted by Crippen LogP contribution is -2.04. The molecule has 0 spiro atoms. The first-order valence-electron chi connectivity index (χ1n) is 4.51. The maximum atomic E-state index is 10.7. The normalized spacial score (nSPS) is 12.2. The van der Waals surface area contributed by atoms with Gasteiger partial charge in [-0.05, 0) is 19.9 Å². The SMILES string of the molecule is CC(=O)CC(C)=NCC[SiH](C)C. The summed E-state index contributed by atoms with van der Waals surface area (Å²) < 4.78 is 0. The van der Waals surface area contributed by atoms with E-state index in [0.717, 1.165) is 12.3 Å². The van der Waals surface area contributed by atoms with Gasteiger partial charge in [0.05, 0.1) is 0 Å². The number of aliphatic imine (C=N–C) groups is 1. The first kappa shape index (κ1) is 11.6. The van der Waals surface area contributed by atoms with E-state index in [1.807, 2.05) is 6.92 Å². The van der Waals surface area contributed by atoms with Crippen LogP contribution >= 0.6 is 0 Å². The van der Waals surface area contributed by atoms with Gasteiger partial charge in [0.1, 0.15) is 5.78 Å². The van der Waals surface area contributed by atoms with E-state index in [9.17, 15) is 4.79 Å². The van der Waals surface area contributed by atoms with Crippen molar-refractivity contribution in [3.8, 4) is 0 Å². The second kappa shape index (κ2) is 6.12. The van der Waals surface area contributed by atoms with E-state index in [0.29, 0.717) is 6.42 Å². The standard InChI is InChI=1S/C9H19NOSi/c1-8(7-9(2)11)10-5-6-12(3)4/h12H,5-7H2,1-4H3. The molecule has 0 amide bonds. The fraction of sp³-hybridized carbons (Fsp3) is 0.778. The molecule has 0 atom stereocenters. The Morgan fingerprint density at radius 1 is 1.33 bits per heavy atom. The minimum absolute atomic E-state index is 0.207. The van der Waals surface area contributed by atoms with Gasteiger partial charge in [0, 0.05) is 27.5 Å². The molecule has 0 aliphatic carbocycles. The molecule has 12 heavy (non-hydrogen) atoms. The third-order valence-corrected chi connectivity index (χ3v) is 3.01. The van der Waals surface area contributed by atoms with Gasteiger partial charge in [-0.3, -0.25) is 9.79 Å². The van der Waals surface area contributed by atoms with Crippen LogP contribution in [0, 0.1) is 0 Å². The van der Waals surface area contributed by atoms with Gasteiger partial charge in [-0.15, -0.1) is 0 Å². The third kappa shape index (κ3) is 7.66. The van der Waals surface area contributed by atoms with Gasteiger partial charge in [0.25, 0.3) is 0 Å². The van der Waals surface area contributed by atoms with Gasteiger partial charge in [0.2, 0.25) is 0 Å². The summed E-state index contributed by atoms with van der Waals surface area (Å²) in [6, 6.07) is 1.25. The van der Waals surface area contributed by atoms with Crippen molar-refractivity contribution in [2.24, 2.45) is 4.99 Å². The van der Waals surface area contributed by atoms with Crippen LogP contribution in [0.5, 0.6) is 0 Å². The number of Topliss-reactive ketones (excluding diaryl/α,β-unsaturated/α-hetero) is 1. The molecule has 70 valence electrons. The first-order valence-corrected chi connectivity index (χ1v) is 7.64. The topological polar surface area (TPSA) is 29.4 Å². The van der Waals surface area contributed by atoms with Gasteiger partial charge >= 0.3 is 0 Å². The Balaban J connectivity index is 3.62. The Morgan fingerprint density at radius 3 is 2.33 bits per heavy atom. The molecule has 2 nitrogen and oxygen atoms in total. The second-order valence-corrected chi connectivity index (χ2v) is 7.04. The van der Waals surface area contributed by atoms with Crippen LogP contribution in [-0.2, 0) is 4.79 Å². The molecule has 0 heterocycles. The van der Waals surface area contributed by atoms with Crippen molar-refractivity contribution in [2.75, 3.05) is 6.54 Å². The predicted octanol–water partition coefficient (Wildman–Crippen LogP) is 1.91.